The number of alkyl halides is 3. The molecule has 1 unspecified atom stereocenters. The lowest BCUT2D eigenvalue weighted by Crippen LogP contribution is -2.54. The molecular formula is C13H10F3NO4. The largest absolute Gasteiger partial charge is 0.464 e. The summed E-state index contributed by atoms with van der Waals surface area (Å²) in [6.45, 7) is 1.03. The van der Waals surface area contributed by atoms with E-state index in [1.807, 2.05) is 0 Å². The number of hydrogen-bond donors (Lipinski definition) is 0. The van der Waals surface area contributed by atoms with Gasteiger partial charge in [0.2, 0.25) is 6.04 Å². The van der Waals surface area contributed by atoms with Crippen molar-refractivity contribution in [2.24, 2.45) is 0 Å². The zero-order chi connectivity index (χ0) is 15.8. The molecule has 21 heavy (non-hydrogen) atoms. The van der Waals surface area contributed by atoms with Crippen LogP contribution < -0.4 is 0 Å². The Balaban J connectivity index is 2.46. The Kier molecular flexibility index (Phi) is 3.71. The molecular weight excluding hydrogens is 291 g/mol. The van der Waals surface area contributed by atoms with Gasteiger partial charge in [0.1, 0.15) is 0 Å². The fraction of sp³-hybridized carbons (Fsp3) is 0.308. The van der Waals surface area contributed by atoms with Crippen LogP contribution in [0.3, 0.4) is 0 Å². The molecule has 2 amide bonds. The third-order valence-electron chi connectivity index (χ3n) is 2.90. The predicted molar refractivity (Wildman–Crippen MR) is 63.4 cm³/mol. The fourth-order valence-electron chi connectivity index (χ4n) is 2.05. The van der Waals surface area contributed by atoms with Gasteiger partial charge in [-0.05, 0) is 19.1 Å². The lowest BCUT2D eigenvalue weighted by Gasteiger charge is -2.26. The molecule has 0 spiro atoms. The molecule has 8 heteroatoms. The maximum absolute atomic E-state index is 13.1. The Morgan fingerprint density at radius 1 is 1.19 bits per heavy atom. The molecule has 0 radical (unpaired) electrons. The third kappa shape index (κ3) is 2.48. The average Bonchev–Trinajstić information content (AvgIpc) is 2.64. The maximum atomic E-state index is 13.1. The van der Waals surface area contributed by atoms with Crippen molar-refractivity contribution in [1.82, 2.24) is 4.90 Å². The SMILES string of the molecule is CCOC(=O)C(N1C(=O)c2ccccc2C1=O)C(F)(F)F. The van der Waals surface area contributed by atoms with Crippen LogP contribution in [0.4, 0.5) is 13.2 Å². The summed E-state index contributed by atoms with van der Waals surface area (Å²) in [7, 11) is 0. The highest BCUT2D eigenvalue weighted by molar-refractivity contribution is 6.22. The zero-order valence-corrected chi connectivity index (χ0v) is 10.8. The van der Waals surface area contributed by atoms with Crippen molar-refractivity contribution in [3.63, 3.8) is 0 Å². The Labute approximate surface area is 117 Å². The summed E-state index contributed by atoms with van der Waals surface area (Å²) < 4.78 is 43.5. The highest BCUT2D eigenvalue weighted by Gasteiger charge is 2.56. The van der Waals surface area contributed by atoms with Gasteiger partial charge in [0.15, 0.2) is 0 Å². The van der Waals surface area contributed by atoms with E-state index >= 15 is 0 Å². The second-order valence-electron chi connectivity index (χ2n) is 4.22. The molecule has 0 fully saturated rings. The number of ether oxygens (including phenoxy) is 1. The number of imide groups is 1. The second-order valence-corrected chi connectivity index (χ2v) is 4.22. The molecule has 1 aliphatic rings. The maximum Gasteiger partial charge on any atom is 0.420 e. The molecule has 0 saturated heterocycles. The van der Waals surface area contributed by atoms with Crippen LogP contribution in [0.5, 0.6) is 0 Å². The summed E-state index contributed by atoms with van der Waals surface area (Å²) >= 11 is 0. The highest BCUT2D eigenvalue weighted by atomic mass is 19.4. The van der Waals surface area contributed by atoms with Crippen LogP contribution in [0.1, 0.15) is 27.6 Å². The smallest absolute Gasteiger partial charge is 0.420 e. The molecule has 1 aromatic carbocycles. The topological polar surface area (TPSA) is 63.7 Å². The number of amides is 2. The monoisotopic (exact) mass is 301 g/mol. The van der Waals surface area contributed by atoms with E-state index in [0.29, 0.717) is 0 Å². The number of esters is 1. The van der Waals surface area contributed by atoms with Gasteiger partial charge < -0.3 is 4.74 Å². The summed E-state index contributed by atoms with van der Waals surface area (Å²) in [5.74, 6) is -4.00. The predicted octanol–water partition coefficient (Wildman–Crippen LogP) is 1.78. The first-order valence-corrected chi connectivity index (χ1v) is 5.99. The number of halogens is 3. The van der Waals surface area contributed by atoms with E-state index in [9.17, 15) is 27.6 Å². The molecule has 2 rings (SSSR count). The number of nitrogens with zero attached hydrogens (tertiary/aromatic N) is 1. The molecule has 1 aromatic rings. The Morgan fingerprint density at radius 2 is 1.67 bits per heavy atom. The van der Waals surface area contributed by atoms with Crippen LogP contribution in [0.2, 0.25) is 0 Å². The fourth-order valence-corrected chi connectivity index (χ4v) is 2.05. The van der Waals surface area contributed by atoms with Crippen molar-refractivity contribution < 1.29 is 32.3 Å². The first-order chi connectivity index (χ1) is 9.79. The average molecular weight is 301 g/mol. The first-order valence-electron chi connectivity index (χ1n) is 5.99. The molecule has 0 saturated carbocycles. The molecule has 5 nitrogen and oxygen atoms in total. The highest BCUT2D eigenvalue weighted by Crippen LogP contribution is 2.32. The quantitative estimate of drug-likeness (QED) is 0.630. The molecule has 1 aliphatic heterocycles. The van der Waals surface area contributed by atoms with Gasteiger partial charge in [0, 0.05) is 0 Å². The molecule has 1 heterocycles. The van der Waals surface area contributed by atoms with Crippen molar-refractivity contribution in [1.29, 1.82) is 0 Å². The van der Waals surface area contributed by atoms with Crippen molar-refractivity contribution in [2.75, 3.05) is 6.61 Å². The first kappa shape index (κ1) is 15.0. The Morgan fingerprint density at radius 3 is 2.05 bits per heavy atom. The molecule has 112 valence electrons. The number of rotatable bonds is 3. The van der Waals surface area contributed by atoms with Crippen LogP contribution in [0.15, 0.2) is 24.3 Å². The minimum Gasteiger partial charge on any atom is -0.464 e. The number of carbonyl (C=O) groups excluding carboxylic acids is 3. The lowest BCUT2D eigenvalue weighted by atomic mass is 10.1. The van der Waals surface area contributed by atoms with E-state index in [0.717, 1.165) is 0 Å². The summed E-state index contributed by atoms with van der Waals surface area (Å²) in [6, 6.07) is 2.35. The second kappa shape index (κ2) is 5.19. The normalized spacial score (nSPS) is 15.9. The minimum absolute atomic E-state index is 0.0946. The van der Waals surface area contributed by atoms with E-state index in [4.69, 9.17) is 0 Å². The molecule has 0 aromatic heterocycles. The number of hydrogen-bond acceptors (Lipinski definition) is 4. The third-order valence-corrected chi connectivity index (χ3v) is 2.90. The van der Waals surface area contributed by atoms with Gasteiger partial charge in [0.05, 0.1) is 17.7 Å². The summed E-state index contributed by atoms with van der Waals surface area (Å²) in [6.07, 6.45) is -5.11. The lowest BCUT2D eigenvalue weighted by molar-refractivity contribution is -0.193. The number of benzene rings is 1. The molecule has 0 aliphatic carbocycles. The van der Waals surface area contributed by atoms with E-state index in [-0.39, 0.29) is 22.6 Å². The zero-order valence-electron chi connectivity index (χ0n) is 10.8. The Hall–Kier alpha value is -2.38. The van der Waals surface area contributed by atoms with Crippen LogP contribution in [0.25, 0.3) is 0 Å². The van der Waals surface area contributed by atoms with Gasteiger partial charge >= 0.3 is 12.1 Å². The van der Waals surface area contributed by atoms with Gasteiger partial charge in [0.25, 0.3) is 11.8 Å². The van der Waals surface area contributed by atoms with Crippen LogP contribution >= 0.6 is 0 Å². The van der Waals surface area contributed by atoms with E-state index in [1.54, 1.807) is 0 Å². The van der Waals surface area contributed by atoms with Crippen molar-refractivity contribution in [3.05, 3.63) is 35.4 Å². The van der Waals surface area contributed by atoms with Crippen molar-refractivity contribution in [3.8, 4) is 0 Å². The van der Waals surface area contributed by atoms with Crippen LogP contribution in [0, 0.1) is 0 Å². The van der Waals surface area contributed by atoms with Crippen LogP contribution in [-0.4, -0.2) is 41.5 Å². The summed E-state index contributed by atoms with van der Waals surface area (Å²) in [5.41, 5.74) is -0.331. The number of carbonyl (C=O) groups is 3. The summed E-state index contributed by atoms with van der Waals surface area (Å²) in [5, 5.41) is 0. The van der Waals surface area contributed by atoms with E-state index in [1.165, 1.54) is 31.2 Å². The minimum atomic E-state index is -5.11. The standard InChI is InChI=1S/C13H10F3NO4/c1-2-21-12(20)9(13(14,15)16)17-10(18)7-5-3-4-6-8(7)11(17)19/h3-6,9H,2H2,1H3. The van der Waals surface area contributed by atoms with E-state index in [2.05, 4.69) is 4.74 Å². The molecule has 0 bridgehead atoms. The summed E-state index contributed by atoms with van der Waals surface area (Å²) in [4.78, 5) is 35.4. The van der Waals surface area contributed by atoms with Gasteiger partial charge in [-0.15, -0.1) is 0 Å². The van der Waals surface area contributed by atoms with Gasteiger partial charge in [-0.25, -0.2) is 4.79 Å². The van der Waals surface area contributed by atoms with Crippen LogP contribution in [-0.2, 0) is 9.53 Å². The van der Waals surface area contributed by atoms with Gasteiger partial charge in [-0.3, -0.25) is 14.5 Å². The molecule has 0 N–H and O–H groups in total. The molecule has 1 atom stereocenters. The van der Waals surface area contributed by atoms with Gasteiger partial charge in [-0.2, -0.15) is 13.2 Å². The van der Waals surface area contributed by atoms with Gasteiger partial charge in [-0.1, -0.05) is 12.1 Å². The number of fused-ring (bicyclic) bond motifs is 1. The van der Waals surface area contributed by atoms with Crippen molar-refractivity contribution >= 4 is 17.8 Å². The van der Waals surface area contributed by atoms with Crippen molar-refractivity contribution in [2.45, 2.75) is 19.1 Å². The Bertz CT molecular complexity index is 577. The van der Waals surface area contributed by atoms with E-state index < -0.39 is 30.0 Å².